The van der Waals surface area contributed by atoms with Crippen molar-refractivity contribution in [1.29, 1.82) is 0 Å². The van der Waals surface area contributed by atoms with Crippen LogP contribution in [0.25, 0.3) is 10.2 Å². The number of aryl methyl sites for hydroxylation is 1. The normalized spacial score (nSPS) is 14.5. The van der Waals surface area contributed by atoms with Gasteiger partial charge >= 0.3 is 0 Å². The molecule has 9 heteroatoms. The molecular weight excluding hydrogens is 465 g/mol. The third-order valence-electron chi connectivity index (χ3n) is 6.14. The number of pyridine rings is 1. The molecule has 4 heterocycles. The number of carbonyl (C=O) groups is 2. The van der Waals surface area contributed by atoms with Crippen LogP contribution in [0, 0.1) is 18.7 Å². The van der Waals surface area contributed by atoms with Crippen molar-refractivity contribution in [2.45, 2.75) is 26.3 Å². The summed E-state index contributed by atoms with van der Waals surface area (Å²) in [7, 11) is 0. The van der Waals surface area contributed by atoms with E-state index in [4.69, 9.17) is 0 Å². The first-order valence-corrected chi connectivity index (χ1v) is 12.3. The molecule has 7 nitrogen and oxygen atoms in total. The standard InChI is InChI=1S/C26H24FN5O2S/c1-15-4-3-5-18(8-15)22(33)9-17-13-32(14-17)25(34)23-24-21(6-7-35-24)30-26(31-23)29-16(2)19-10-20(27)12-28-11-19/h3-8,10-12,16-17H,9,13-14H2,1-2H3,(H,29,30,31)/t16-/m0/s1. The number of fused-ring (bicyclic) bond motifs is 1. The number of hydrogen-bond donors (Lipinski definition) is 1. The molecule has 0 spiro atoms. The number of aromatic nitrogens is 3. The van der Waals surface area contributed by atoms with Gasteiger partial charge in [0.05, 0.1) is 22.5 Å². The molecule has 5 rings (SSSR count). The first kappa shape index (κ1) is 23.0. The van der Waals surface area contributed by atoms with Crippen molar-refractivity contribution < 1.29 is 14.0 Å². The van der Waals surface area contributed by atoms with E-state index in [1.54, 1.807) is 11.1 Å². The van der Waals surface area contributed by atoms with E-state index in [-0.39, 0.29) is 23.7 Å². The molecule has 1 fully saturated rings. The molecule has 1 aliphatic heterocycles. The zero-order valence-electron chi connectivity index (χ0n) is 19.4. The molecule has 0 radical (unpaired) electrons. The van der Waals surface area contributed by atoms with Crippen molar-refractivity contribution >= 4 is 39.2 Å². The number of carbonyl (C=O) groups excluding carboxylic acids is 2. The van der Waals surface area contributed by atoms with Gasteiger partial charge in [0, 0.05) is 37.2 Å². The van der Waals surface area contributed by atoms with E-state index in [0.29, 0.717) is 47.8 Å². The van der Waals surface area contributed by atoms with Gasteiger partial charge < -0.3 is 10.2 Å². The number of anilines is 1. The number of amides is 1. The number of nitrogens with one attached hydrogen (secondary N) is 1. The lowest BCUT2D eigenvalue weighted by Crippen LogP contribution is -2.50. The Morgan fingerprint density at radius 1 is 1.20 bits per heavy atom. The van der Waals surface area contributed by atoms with Crippen LogP contribution in [-0.4, -0.2) is 44.6 Å². The lowest BCUT2D eigenvalue weighted by atomic mass is 9.91. The molecule has 1 aromatic carbocycles. The van der Waals surface area contributed by atoms with Gasteiger partial charge in [0.2, 0.25) is 5.95 Å². The van der Waals surface area contributed by atoms with Crippen LogP contribution in [0.15, 0.2) is 54.2 Å². The highest BCUT2D eigenvalue weighted by molar-refractivity contribution is 7.17. The van der Waals surface area contributed by atoms with Gasteiger partial charge in [0.15, 0.2) is 11.5 Å². The van der Waals surface area contributed by atoms with Gasteiger partial charge in [0.25, 0.3) is 5.91 Å². The maximum Gasteiger partial charge on any atom is 0.274 e. The Balaban J connectivity index is 1.28. The summed E-state index contributed by atoms with van der Waals surface area (Å²) < 4.78 is 14.3. The molecule has 0 bridgehead atoms. The van der Waals surface area contributed by atoms with E-state index in [1.807, 2.05) is 49.6 Å². The summed E-state index contributed by atoms with van der Waals surface area (Å²) in [5.74, 6) is -0.0779. The predicted octanol–water partition coefficient (Wildman–Crippen LogP) is 5.05. The fraction of sp³-hybridized carbons (Fsp3) is 0.269. The summed E-state index contributed by atoms with van der Waals surface area (Å²) in [4.78, 5) is 40.6. The molecule has 0 saturated carbocycles. The molecule has 0 unspecified atom stereocenters. The van der Waals surface area contributed by atoms with Gasteiger partial charge in [-0.2, -0.15) is 0 Å². The van der Waals surface area contributed by atoms with Crippen molar-refractivity contribution in [3.8, 4) is 0 Å². The molecular formula is C26H24FN5O2S. The van der Waals surface area contributed by atoms with Gasteiger partial charge in [-0.1, -0.05) is 23.8 Å². The third-order valence-corrected chi connectivity index (χ3v) is 7.05. The summed E-state index contributed by atoms with van der Waals surface area (Å²) >= 11 is 1.42. The minimum atomic E-state index is -0.422. The Morgan fingerprint density at radius 3 is 2.80 bits per heavy atom. The van der Waals surface area contributed by atoms with Crippen molar-refractivity contribution in [2.75, 3.05) is 18.4 Å². The highest BCUT2D eigenvalue weighted by atomic mass is 32.1. The maximum atomic E-state index is 13.6. The lowest BCUT2D eigenvalue weighted by Gasteiger charge is -2.38. The van der Waals surface area contributed by atoms with E-state index in [9.17, 15) is 14.0 Å². The minimum absolute atomic E-state index is 0.0980. The summed E-state index contributed by atoms with van der Waals surface area (Å²) in [6, 6.07) is 10.5. The Bertz CT molecular complexity index is 1420. The molecule has 0 aliphatic carbocycles. The average Bonchev–Trinajstić information content (AvgIpc) is 3.28. The third kappa shape index (κ3) is 4.90. The lowest BCUT2D eigenvalue weighted by molar-refractivity contribution is 0.0466. The van der Waals surface area contributed by atoms with E-state index in [2.05, 4.69) is 20.3 Å². The highest BCUT2D eigenvalue weighted by Crippen LogP contribution is 2.29. The molecule has 1 N–H and O–H groups in total. The number of halogens is 1. The van der Waals surface area contributed by atoms with Crippen LogP contribution in [0.2, 0.25) is 0 Å². The number of hydrogen-bond acceptors (Lipinski definition) is 7. The van der Waals surface area contributed by atoms with Gasteiger partial charge in [-0.3, -0.25) is 14.6 Å². The molecule has 1 aliphatic rings. The number of nitrogens with zero attached hydrogens (tertiary/aromatic N) is 4. The average molecular weight is 490 g/mol. The van der Waals surface area contributed by atoms with Gasteiger partial charge in [-0.25, -0.2) is 14.4 Å². The molecule has 178 valence electrons. The first-order valence-electron chi connectivity index (χ1n) is 11.4. The van der Waals surface area contributed by atoms with Crippen LogP contribution in [0.1, 0.15) is 51.4 Å². The number of thiophene rings is 1. The van der Waals surface area contributed by atoms with E-state index < -0.39 is 5.82 Å². The zero-order valence-corrected chi connectivity index (χ0v) is 20.2. The van der Waals surface area contributed by atoms with Crippen molar-refractivity contribution in [3.63, 3.8) is 0 Å². The SMILES string of the molecule is Cc1cccc(C(=O)CC2CN(C(=O)c3nc(N[C@@H](C)c4cncc(F)c4)nc4ccsc34)C2)c1. The van der Waals surface area contributed by atoms with Crippen LogP contribution in [0.4, 0.5) is 10.3 Å². The molecule has 4 aromatic rings. The monoisotopic (exact) mass is 489 g/mol. The number of benzene rings is 1. The van der Waals surface area contributed by atoms with Crippen molar-refractivity contribution in [1.82, 2.24) is 19.9 Å². The summed E-state index contributed by atoms with van der Waals surface area (Å²) in [5, 5.41) is 5.03. The van der Waals surface area contributed by atoms with E-state index in [1.165, 1.54) is 17.4 Å². The van der Waals surface area contributed by atoms with Crippen molar-refractivity contribution in [3.05, 3.63) is 82.4 Å². The fourth-order valence-corrected chi connectivity index (χ4v) is 5.04. The second-order valence-corrected chi connectivity index (χ2v) is 9.82. The van der Waals surface area contributed by atoms with Gasteiger partial charge in [-0.05, 0) is 43.0 Å². The fourth-order valence-electron chi connectivity index (χ4n) is 4.23. The second-order valence-electron chi connectivity index (χ2n) is 8.91. The van der Waals surface area contributed by atoms with E-state index >= 15 is 0 Å². The summed E-state index contributed by atoms with van der Waals surface area (Å²) in [6.45, 7) is 4.85. The Labute approximate surface area is 206 Å². The molecule has 1 saturated heterocycles. The molecule has 1 amide bonds. The van der Waals surface area contributed by atoms with Crippen LogP contribution in [0.5, 0.6) is 0 Å². The smallest absolute Gasteiger partial charge is 0.274 e. The second kappa shape index (κ2) is 9.50. The number of rotatable bonds is 7. The number of likely N-dealkylation sites (tertiary alicyclic amines) is 1. The van der Waals surface area contributed by atoms with Crippen LogP contribution >= 0.6 is 11.3 Å². The summed E-state index contributed by atoms with van der Waals surface area (Å²) in [6.07, 6.45) is 3.14. The molecule has 35 heavy (non-hydrogen) atoms. The topological polar surface area (TPSA) is 88.1 Å². The Morgan fingerprint density at radius 2 is 2.03 bits per heavy atom. The largest absolute Gasteiger partial charge is 0.348 e. The van der Waals surface area contributed by atoms with Crippen molar-refractivity contribution in [2.24, 2.45) is 5.92 Å². The summed E-state index contributed by atoms with van der Waals surface area (Å²) in [5.41, 5.74) is 3.42. The highest BCUT2D eigenvalue weighted by Gasteiger charge is 2.34. The number of ketones is 1. The number of Topliss-reactive ketones (excluding diaryl/α,β-unsaturated/α-hetero) is 1. The minimum Gasteiger partial charge on any atom is -0.348 e. The maximum absolute atomic E-state index is 13.6. The molecule has 1 atom stereocenters. The first-order chi connectivity index (χ1) is 16.9. The Kier molecular flexibility index (Phi) is 6.25. The Hall–Kier alpha value is -3.72. The van der Waals surface area contributed by atoms with Crippen LogP contribution in [0.3, 0.4) is 0 Å². The van der Waals surface area contributed by atoms with Crippen LogP contribution < -0.4 is 5.32 Å². The van der Waals surface area contributed by atoms with E-state index in [0.717, 1.165) is 16.5 Å². The van der Waals surface area contributed by atoms with Crippen LogP contribution in [-0.2, 0) is 0 Å². The predicted molar refractivity (Wildman–Crippen MR) is 133 cm³/mol. The molecule has 3 aromatic heterocycles. The quantitative estimate of drug-likeness (QED) is 0.366. The zero-order chi connectivity index (χ0) is 24.5. The van der Waals surface area contributed by atoms with Gasteiger partial charge in [0.1, 0.15) is 5.82 Å². The van der Waals surface area contributed by atoms with Gasteiger partial charge in [-0.15, -0.1) is 11.3 Å².